The van der Waals surface area contributed by atoms with Crippen molar-refractivity contribution in [3.63, 3.8) is 0 Å². The molecule has 1 amide bonds. The number of allylic oxidation sites excluding steroid dienone is 1. The van der Waals surface area contributed by atoms with Gasteiger partial charge in [-0.1, -0.05) is 63.7 Å². The van der Waals surface area contributed by atoms with Crippen molar-refractivity contribution in [1.82, 2.24) is 4.90 Å². The highest BCUT2D eigenvalue weighted by Gasteiger charge is 2.46. The number of hydrogen-bond donors (Lipinski definition) is 0. The van der Waals surface area contributed by atoms with Crippen LogP contribution in [0.1, 0.15) is 64.6 Å². The zero-order valence-electron chi connectivity index (χ0n) is 17.4. The molecular formula is C22H28N2O3S. The predicted molar refractivity (Wildman–Crippen MR) is 113 cm³/mol. The van der Waals surface area contributed by atoms with Crippen molar-refractivity contribution in [2.24, 2.45) is 10.9 Å². The summed E-state index contributed by atoms with van der Waals surface area (Å²) in [5.41, 5.74) is 3.18. The average Bonchev–Trinajstić information content (AvgIpc) is 2.92. The summed E-state index contributed by atoms with van der Waals surface area (Å²) < 4.78 is 5.53. The van der Waals surface area contributed by atoms with E-state index in [4.69, 9.17) is 4.74 Å². The molecule has 0 bridgehead atoms. The van der Waals surface area contributed by atoms with Crippen LogP contribution in [0.4, 0.5) is 0 Å². The van der Waals surface area contributed by atoms with Gasteiger partial charge in [0.2, 0.25) is 5.91 Å². The summed E-state index contributed by atoms with van der Waals surface area (Å²) in [5, 5.41) is 0.448. The molecule has 150 valence electrons. The van der Waals surface area contributed by atoms with Crippen molar-refractivity contribution in [3.05, 3.63) is 46.7 Å². The van der Waals surface area contributed by atoms with Crippen LogP contribution in [0, 0.1) is 5.92 Å². The maximum absolute atomic E-state index is 13.0. The van der Waals surface area contributed by atoms with Gasteiger partial charge in [0, 0.05) is 0 Å². The zero-order valence-corrected chi connectivity index (χ0v) is 18.2. The lowest BCUT2D eigenvalue weighted by atomic mass is 9.92. The molecule has 1 aromatic carbocycles. The van der Waals surface area contributed by atoms with Crippen molar-refractivity contribution in [2.75, 3.05) is 6.61 Å². The number of ether oxygens (including phenoxy) is 1. The molecule has 2 heterocycles. The fourth-order valence-electron chi connectivity index (χ4n) is 3.36. The molecule has 6 heteroatoms. The number of rotatable bonds is 5. The Bertz CT molecular complexity index is 840. The third-order valence-electron chi connectivity index (χ3n) is 4.94. The highest BCUT2D eigenvalue weighted by molar-refractivity contribution is 8.15. The number of aliphatic imine (C=N–C) groups is 1. The SMILES string of the molecule is CC1=C(C(=O)OCC(C)C)[C@H](c2ccc(C(C)C)cc2)N2C(=O)[C@@H](C)SC2=N1. The lowest BCUT2D eigenvalue weighted by Gasteiger charge is -2.33. The van der Waals surface area contributed by atoms with Gasteiger partial charge in [0.15, 0.2) is 5.17 Å². The van der Waals surface area contributed by atoms with Crippen LogP contribution in [-0.4, -0.2) is 33.8 Å². The van der Waals surface area contributed by atoms with Crippen LogP contribution in [0.15, 0.2) is 40.5 Å². The summed E-state index contributed by atoms with van der Waals surface area (Å²) in [6.07, 6.45) is 0. The maximum Gasteiger partial charge on any atom is 0.338 e. The van der Waals surface area contributed by atoms with Crippen molar-refractivity contribution in [2.45, 2.75) is 58.8 Å². The number of carbonyl (C=O) groups is 2. The van der Waals surface area contributed by atoms with Gasteiger partial charge in [0.05, 0.1) is 29.2 Å². The topological polar surface area (TPSA) is 59.0 Å². The van der Waals surface area contributed by atoms with E-state index in [0.717, 1.165) is 5.56 Å². The molecule has 0 spiro atoms. The van der Waals surface area contributed by atoms with Crippen LogP contribution in [0.3, 0.4) is 0 Å². The summed E-state index contributed by atoms with van der Waals surface area (Å²) in [6.45, 7) is 12.3. The molecule has 0 saturated carbocycles. The molecule has 0 radical (unpaired) electrons. The standard InChI is InChI=1S/C22H28N2O3S/c1-12(2)11-27-21(26)18-14(5)23-22-24(20(25)15(6)28-22)19(18)17-9-7-16(8-10-17)13(3)4/h7-10,12-13,15,19H,11H2,1-6H3/t15-,19+/m1/s1. The van der Waals surface area contributed by atoms with Crippen LogP contribution < -0.4 is 0 Å². The lowest BCUT2D eigenvalue weighted by Crippen LogP contribution is -2.40. The molecule has 2 aliphatic heterocycles. The van der Waals surface area contributed by atoms with Crippen molar-refractivity contribution < 1.29 is 14.3 Å². The third kappa shape index (κ3) is 3.88. The number of amides is 1. The number of hydrogen-bond acceptors (Lipinski definition) is 5. The molecule has 0 N–H and O–H groups in total. The highest BCUT2D eigenvalue weighted by Crippen LogP contribution is 2.43. The Kier molecular flexibility index (Phi) is 5.98. The molecule has 0 unspecified atom stereocenters. The number of nitrogens with zero attached hydrogens (tertiary/aromatic N) is 2. The molecule has 3 rings (SSSR count). The van der Waals surface area contributed by atoms with Crippen molar-refractivity contribution in [1.29, 1.82) is 0 Å². The Hall–Kier alpha value is -2.08. The highest BCUT2D eigenvalue weighted by atomic mass is 32.2. The molecule has 0 aromatic heterocycles. The monoisotopic (exact) mass is 400 g/mol. The summed E-state index contributed by atoms with van der Waals surface area (Å²) in [4.78, 5) is 32.1. The second-order valence-corrected chi connectivity index (χ2v) is 9.39. The van der Waals surface area contributed by atoms with E-state index in [0.29, 0.717) is 29.0 Å². The fourth-order valence-corrected chi connectivity index (χ4v) is 4.39. The van der Waals surface area contributed by atoms with E-state index < -0.39 is 12.0 Å². The Morgan fingerprint density at radius 1 is 1.21 bits per heavy atom. The first kappa shape index (κ1) is 20.6. The molecule has 5 nitrogen and oxygen atoms in total. The van der Waals surface area contributed by atoms with Gasteiger partial charge in [-0.15, -0.1) is 0 Å². The normalized spacial score (nSPS) is 22.1. The van der Waals surface area contributed by atoms with Crippen LogP contribution in [-0.2, 0) is 14.3 Å². The summed E-state index contributed by atoms with van der Waals surface area (Å²) in [7, 11) is 0. The van der Waals surface area contributed by atoms with E-state index in [2.05, 4.69) is 31.0 Å². The minimum atomic E-state index is -0.502. The maximum atomic E-state index is 13.0. The molecule has 28 heavy (non-hydrogen) atoms. The molecule has 1 fully saturated rings. The first-order valence-corrected chi connectivity index (χ1v) is 10.6. The van der Waals surface area contributed by atoms with Gasteiger partial charge in [-0.3, -0.25) is 9.69 Å². The first-order chi connectivity index (χ1) is 13.2. The zero-order chi connectivity index (χ0) is 20.6. The van der Waals surface area contributed by atoms with E-state index in [1.54, 1.807) is 4.90 Å². The average molecular weight is 401 g/mol. The number of esters is 1. The molecule has 1 aromatic rings. The van der Waals surface area contributed by atoms with Gasteiger partial charge in [-0.2, -0.15) is 0 Å². The van der Waals surface area contributed by atoms with Crippen molar-refractivity contribution in [3.8, 4) is 0 Å². The van der Waals surface area contributed by atoms with Crippen molar-refractivity contribution >= 4 is 28.8 Å². The number of fused-ring (bicyclic) bond motifs is 1. The van der Waals surface area contributed by atoms with E-state index in [1.165, 1.54) is 17.3 Å². The van der Waals surface area contributed by atoms with Crippen LogP contribution in [0.25, 0.3) is 0 Å². The third-order valence-corrected chi connectivity index (χ3v) is 6.00. The van der Waals surface area contributed by atoms with Gasteiger partial charge >= 0.3 is 5.97 Å². The minimum Gasteiger partial charge on any atom is -0.462 e. The van der Waals surface area contributed by atoms with Gasteiger partial charge in [0.1, 0.15) is 0 Å². The molecule has 2 atom stereocenters. The number of benzene rings is 1. The van der Waals surface area contributed by atoms with E-state index in [1.807, 2.05) is 39.8 Å². The minimum absolute atomic E-state index is 0.0247. The van der Waals surface area contributed by atoms with Gasteiger partial charge < -0.3 is 4.74 Å². The fraction of sp³-hybridized carbons (Fsp3) is 0.500. The van der Waals surface area contributed by atoms with Crippen LogP contribution in [0.5, 0.6) is 0 Å². The Labute approximate surface area is 171 Å². The van der Waals surface area contributed by atoms with E-state index >= 15 is 0 Å². The lowest BCUT2D eigenvalue weighted by molar-refractivity contribution is -0.141. The second kappa shape index (κ2) is 8.11. The molecule has 2 aliphatic rings. The van der Waals surface area contributed by atoms with Crippen LogP contribution >= 0.6 is 11.8 Å². The van der Waals surface area contributed by atoms with E-state index in [-0.39, 0.29) is 17.1 Å². The Balaban J connectivity index is 2.05. The summed E-state index contributed by atoms with van der Waals surface area (Å²) >= 11 is 1.44. The largest absolute Gasteiger partial charge is 0.462 e. The van der Waals surface area contributed by atoms with Gasteiger partial charge in [0.25, 0.3) is 0 Å². The Morgan fingerprint density at radius 3 is 2.43 bits per heavy atom. The smallest absolute Gasteiger partial charge is 0.338 e. The number of carbonyl (C=O) groups excluding carboxylic acids is 2. The second-order valence-electron chi connectivity index (χ2n) is 8.08. The summed E-state index contributed by atoms with van der Waals surface area (Å²) in [6, 6.07) is 7.64. The quantitative estimate of drug-likeness (QED) is 0.675. The number of thioether (sulfide) groups is 1. The predicted octanol–water partition coefficient (Wildman–Crippen LogP) is 4.66. The van der Waals surface area contributed by atoms with Gasteiger partial charge in [-0.25, -0.2) is 9.79 Å². The number of amidine groups is 1. The first-order valence-electron chi connectivity index (χ1n) is 9.76. The van der Waals surface area contributed by atoms with E-state index in [9.17, 15) is 9.59 Å². The van der Waals surface area contributed by atoms with Gasteiger partial charge in [-0.05, 0) is 36.8 Å². The van der Waals surface area contributed by atoms with Crippen LogP contribution in [0.2, 0.25) is 0 Å². The molecule has 0 aliphatic carbocycles. The Morgan fingerprint density at radius 2 is 1.86 bits per heavy atom. The molecule has 1 saturated heterocycles. The molecular weight excluding hydrogens is 372 g/mol. The summed E-state index contributed by atoms with van der Waals surface area (Å²) in [5.74, 6) is 0.224.